The predicted octanol–water partition coefficient (Wildman–Crippen LogP) is 3.52. The van der Waals surface area contributed by atoms with Gasteiger partial charge < -0.3 is 10.2 Å². The maximum atomic E-state index is 12.9. The van der Waals surface area contributed by atoms with Gasteiger partial charge in [-0.05, 0) is 31.6 Å². The summed E-state index contributed by atoms with van der Waals surface area (Å²) in [5.74, 6) is -0.868. The molecule has 0 radical (unpaired) electrons. The lowest BCUT2D eigenvalue weighted by Gasteiger charge is -2.15. The third-order valence-corrected chi connectivity index (χ3v) is 4.15. The monoisotopic (exact) mass is 378 g/mol. The van der Waals surface area contributed by atoms with Crippen LogP contribution in [0.1, 0.15) is 29.6 Å². The van der Waals surface area contributed by atoms with Crippen molar-refractivity contribution in [3.63, 3.8) is 0 Å². The highest BCUT2D eigenvalue weighted by Crippen LogP contribution is 2.27. The molecule has 2 aromatic heterocycles. The molecule has 2 heterocycles. The van der Waals surface area contributed by atoms with Crippen molar-refractivity contribution in [2.24, 2.45) is 0 Å². The molecule has 0 bridgehead atoms. The van der Waals surface area contributed by atoms with E-state index in [2.05, 4.69) is 44.3 Å². The molecular formula is C18H21F3N6. The number of hydrogen-bond acceptors (Lipinski definition) is 5. The van der Waals surface area contributed by atoms with E-state index in [1.54, 1.807) is 13.0 Å². The average molecular weight is 378 g/mol. The van der Waals surface area contributed by atoms with Crippen LogP contribution in [-0.4, -0.2) is 38.1 Å². The molecule has 0 unspecified atom stereocenters. The summed E-state index contributed by atoms with van der Waals surface area (Å²) in [6.07, 6.45) is -4.61. The maximum absolute atomic E-state index is 12.9. The largest absolute Gasteiger partial charge is 0.453 e. The highest BCUT2D eigenvalue weighted by molar-refractivity contribution is 5.46. The van der Waals surface area contributed by atoms with Crippen molar-refractivity contribution < 1.29 is 13.2 Å². The summed E-state index contributed by atoms with van der Waals surface area (Å²) in [5.41, 5.74) is 2.76. The average Bonchev–Trinajstić information content (AvgIpc) is 3.04. The number of anilines is 1. The lowest BCUT2D eigenvalue weighted by molar-refractivity contribution is -0.144. The van der Waals surface area contributed by atoms with Crippen molar-refractivity contribution >= 4 is 11.6 Å². The number of aromatic nitrogens is 4. The van der Waals surface area contributed by atoms with Crippen LogP contribution in [0.2, 0.25) is 0 Å². The summed E-state index contributed by atoms with van der Waals surface area (Å²) in [5, 5.41) is 6.70. The van der Waals surface area contributed by atoms with E-state index in [-0.39, 0.29) is 5.78 Å². The third kappa shape index (κ3) is 4.54. The van der Waals surface area contributed by atoms with Crippen molar-refractivity contribution in [2.45, 2.75) is 33.1 Å². The molecule has 0 spiro atoms. The number of nitrogens with zero attached hydrogens (tertiary/aromatic N) is 5. The number of halogens is 3. The van der Waals surface area contributed by atoms with E-state index in [4.69, 9.17) is 0 Å². The maximum Gasteiger partial charge on any atom is 0.453 e. The Bertz CT molecular complexity index is 934. The molecule has 0 aliphatic heterocycles. The number of benzene rings is 1. The number of nitrogens with one attached hydrogen (secondary N) is 1. The van der Waals surface area contributed by atoms with E-state index in [1.807, 2.05) is 19.2 Å². The first-order chi connectivity index (χ1) is 12.8. The minimum atomic E-state index is -4.61. The summed E-state index contributed by atoms with van der Waals surface area (Å²) in [4.78, 5) is 9.70. The Hall–Kier alpha value is -2.68. The van der Waals surface area contributed by atoms with Gasteiger partial charge in [0.1, 0.15) is 5.82 Å². The van der Waals surface area contributed by atoms with Gasteiger partial charge >= 0.3 is 6.18 Å². The fourth-order valence-corrected chi connectivity index (χ4v) is 2.69. The smallest absolute Gasteiger partial charge is 0.366 e. The SMILES string of the molecule is CCN(C)Cc1cccc(CNc2cc(C)nc3nc(C(F)(F)F)nn23)c1. The molecule has 0 amide bonds. The van der Waals surface area contributed by atoms with E-state index in [0.29, 0.717) is 18.1 Å². The molecule has 27 heavy (non-hydrogen) atoms. The van der Waals surface area contributed by atoms with Gasteiger partial charge in [-0.15, -0.1) is 5.10 Å². The molecule has 144 valence electrons. The second-order valence-corrected chi connectivity index (χ2v) is 6.43. The summed E-state index contributed by atoms with van der Waals surface area (Å²) in [6, 6.07) is 9.72. The molecule has 1 aromatic carbocycles. The van der Waals surface area contributed by atoms with Crippen molar-refractivity contribution in [2.75, 3.05) is 18.9 Å². The molecule has 0 aliphatic rings. The van der Waals surface area contributed by atoms with Crippen LogP contribution < -0.4 is 5.32 Å². The Morgan fingerprint density at radius 1 is 1.15 bits per heavy atom. The first-order valence-electron chi connectivity index (χ1n) is 8.58. The highest BCUT2D eigenvalue weighted by Gasteiger charge is 2.36. The molecule has 6 nitrogen and oxygen atoms in total. The lowest BCUT2D eigenvalue weighted by atomic mass is 10.1. The summed E-state index contributed by atoms with van der Waals surface area (Å²) in [7, 11) is 2.05. The van der Waals surface area contributed by atoms with E-state index >= 15 is 0 Å². The number of fused-ring (bicyclic) bond motifs is 1. The first kappa shape index (κ1) is 19.1. The minimum Gasteiger partial charge on any atom is -0.366 e. The van der Waals surface area contributed by atoms with E-state index in [1.165, 1.54) is 5.56 Å². The quantitative estimate of drug-likeness (QED) is 0.711. The van der Waals surface area contributed by atoms with Gasteiger partial charge in [0.25, 0.3) is 11.6 Å². The Balaban J connectivity index is 1.83. The van der Waals surface area contributed by atoms with Gasteiger partial charge in [-0.3, -0.25) is 0 Å². The normalized spacial score (nSPS) is 12.1. The van der Waals surface area contributed by atoms with Crippen LogP contribution in [0, 0.1) is 6.92 Å². The zero-order valence-corrected chi connectivity index (χ0v) is 15.4. The van der Waals surface area contributed by atoms with Gasteiger partial charge in [-0.25, -0.2) is 4.98 Å². The Morgan fingerprint density at radius 3 is 2.59 bits per heavy atom. The summed E-state index contributed by atoms with van der Waals surface area (Å²) >= 11 is 0. The van der Waals surface area contributed by atoms with Gasteiger partial charge in [0.2, 0.25) is 0 Å². The predicted molar refractivity (Wildman–Crippen MR) is 96.3 cm³/mol. The molecule has 0 saturated heterocycles. The number of aryl methyl sites for hydroxylation is 1. The van der Waals surface area contributed by atoms with Crippen molar-refractivity contribution in [3.8, 4) is 0 Å². The Labute approximate surface area is 155 Å². The minimum absolute atomic E-state index is 0.0804. The van der Waals surface area contributed by atoms with Crippen molar-refractivity contribution in [3.05, 3.63) is 53.0 Å². The van der Waals surface area contributed by atoms with Gasteiger partial charge in [-0.2, -0.15) is 22.7 Å². The number of hydrogen-bond donors (Lipinski definition) is 1. The van der Waals surface area contributed by atoms with Crippen LogP contribution in [0.3, 0.4) is 0 Å². The van der Waals surface area contributed by atoms with Crippen LogP contribution in [0.4, 0.5) is 19.0 Å². The second-order valence-electron chi connectivity index (χ2n) is 6.43. The molecule has 0 saturated carbocycles. The third-order valence-electron chi connectivity index (χ3n) is 4.15. The number of rotatable bonds is 6. The first-order valence-corrected chi connectivity index (χ1v) is 8.58. The fraction of sp³-hybridized carbons (Fsp3) is 0.389. The molecule has 3 aromatic rings. The van der Waals surface area contributed by atoms with E-state index in [9.17, 15) is 13.2 Å². The zero-order valence-electron chi connectivity index (χ0n) is 15.4. The molecule has 0 aliphatic carbocycles. The van der Waals surface area contributed by atoms with Crippen LogP contribution in [-0.2, 0) is 19.3 Å². The van der Waals surface area contributed by atoms with Crippen LogP contribution >= 0.6 is 0 Å². The lowest BCUT2D eigenvalue weighted by Crippen LogP contribution is -2.16. The van der Waals surface area contributed by atoms with E-state index < -0.39 is 12.0 Å². The van der Waals surface area contributed by atoms with Crippen molar-refractivity contribution in [1.29, 1.82) is 0 Å². The highest BCUT2D eigenvalue weighted by atomic mass is 19.4. The second kappa shape index (κ2) is 7.51. The molecule has 1 N–H and O–H groups in total. The summed E-state index contributed by atoms with van der Waals surface area (Å²) < 4.78 is 39.8. The molecule has 3 rings (SSSR count). The zero-order chi connectivity index (χ0) is 19.6. The van der Waals surface area contributed by atoms with Gasteiger partial charge in [0.05, 0.1) is 0 Å². The number of alkyl halides is 3. The standard InChI is InChI=1S/C18H21F3N6/c1-4-26(3)11-14-7-5-6-13(9-14)10-22-15-8-12(2)23-17-24-16(18(19,20)21)25-27(15)17/h5-9,22H,4,10-11H2,1-3H3. The fourth-order valence-electron chi connectivity index (χ4n) is 2.69. The topological polar surface area (TPSA) is 58.3 Å². The van der Waals surface area contributed by atoms with Gasteiger partial charge in [0, 0.05) is 24.8 Å². The molecule has 0 fully saturated rings. The van der Waals surface area contributed by atoms with Crippen LogP contribution in [0.15, 0.2) is 30.3 Å². The molecule has 0 atom stereocenters. The Kier molecular flexibility index (Phi) is 5.31. The van der Waals surface area contributed by atoms with Crippen LogP contribution in [0.5, 0.6) is 0 Å². The Morgan fingerprint density at radius 2 is 1.89 bits per heavy atom. The van der Waals surface area contributed by atoms with Crippen molar-refractivity contribution in [1.82, 2.24) is 24.5 Å². The molecular weight excluding hydrogens is 357 g/mol. The summed E-state index contributed by atoms with van der Waals surface area (Å²) in [6.45, 7) is 6.03. The van der Waals surface area contributed by atoms with Crippen LogP contribution in [0.25, 0.3) is 5.78 Å². The van der Waals surface area contributed by atoms with E-state index in [0.717, 1.165) is 23.2 Å². The van der Waals surface area contributed by atoms with Gasteiger partial charge in [-0.1, -0.05) is 31.2 Å². The van der Waals surface area contributed by atoms with Gasteiger partial charge in [0.15, 0.2) is 0 Å². The molecule has 9 heteroatoms.